The summed E-state index contributed by atoms with van der Waals surface area (Å²) in [6, 6.07) is 6.03. The summed E-state index contributed by atoms with van der Waals surface area (Å²) >= 11 is 0. The number of rotatable bonds is 5. The van der Waals surface area contributed by atoms with Crippen molar-refractivity contribution >= 4 is 5.97 Å². The Balaban J connectivity index is 2.75. The molecule has 0 aliphatic carbocycles. The smallest absolute Gasteiger partial charge is 0.335 e. The van der Waals surface area contributed by atoms with E-state index in [1.807, 2.05) is 0 Å². The first-order valence-corrected chi connectivity index (χ1v) is 4.76. The largest absolute Gasteiger partial charge is 0.478 e. The Morgan fingerprint density at radius 1 is 1.44 bits per heavy atom. The van der Waals surface area contributed by atoms with Crippen LogP contribution in [-0.2, 0) is 6.54 Å². The zero-order chi connectivity index (χ0) is 12.1. The van der Waals surface area contributed by atoms with E-state index in [0.717, 1.165) is 5.01 Å². The van der Waals surface area contributed by atoms with Gasteiger partial charge in [-0.15, -0.1) is 5.01 Å². The Morgan fingerprint density at radius 3 is 2.38 bits per heavy atom. The van der Waals surface area contributed by atoms with Crippen LogP contribution in [0.5, 0.6) is 0 Å². The fourth-order valence-electron chi connectivity index (χ4n) is 1.25. The van der Waals surface area contributed by atoms with Gasteiger partial charge in [0, 0.05) is 0 Å². The highest BCUT2D eigenvalue weighted by atomic mass is 16.7. The van der Waals surface area contributed by atoms with E-state index in [1.54, 1.807) is 19.1 Å². The molecule has 0 atom stereocenters. The van der Waals surface area contributed by atoms with E-state index in [1.165, 1.54) is 12.1 Å². The third-order valence-electron chi connectivity index (χ3n) is 2.16. The van der Waals surface area contributed by atoms with Crippen molar-refractivity contribution in [2.24, 2.45) is 0 Å². The van der Waals surface area contributed by atoms with Crippen LogP contribution >= 0.6 is 0 Å². The van der Waals surface area contributed by atoms with Gasteiger partial charge in [0.25, 0.3) is 0 Å². The fraction of sp³-hybridized carbons (Fsp3) is 0.300. The number of hydrazine groups is 1. The molecule has 6 heteroatoms. The third kappa shape index (κ3) is 2.94. The Labute approximate surface area is 92.2 Å². The average molecular weight is 224 g/mol. The molecule has 1 aromatic rings. The van der Waals surface area contributed by atoms with Crippen LogP contribution in [0.1, 0.15) is 22.8 Å². The first-order valence-electron chi connectivity index (χ1n) is 4.76. The zero-order valence-electron chi connectivity index (χ0n) is 8.79. The van der Waals surface area contributed by atoms with Crippen molar-refractivity contribution in [3.05, 3.63) is 45.5 Å². The highest BCUT2D eigenvalue weighted by molar-refractivity contribution is 5.87. The van der Waals surface area contributed by atoms with E-state index < -0.39 is 11.0 Å². The van der Waals surface area contributed by atoms with E-state index in [-0.39, 0.29) is 12.1 Å². The molecular formula is C10H12N2O4. The number of nitro groups is 1. The molecule has 0 aliphatic rings. The van der Waals surface area contributed by atoms with Crippen LogP contribution in [0.15, 0.2) is 24.3 Å². The van der Waals surface area contributed by atoms with Crippen molar-refractivity contribution < 1.29 is 14.9 Å². The number of carbonyl (C=O) groups is 1. The average Bonchev–Trinajstić information content (AvgIpc) is 2.26. The Kier molecular flexibility index (Phi) is 3.82. The van der Waals surface area contributed by atoms with E-state index in [9.17, 15) is 14.9 Å². The summed E-state index contributed by atoms with van der Waals surface area (Å²) in [5, 5.41) is 19.8. The molecule has 0 aliphatic heterocycles. The molecule has 0 saturated carbocycles. The van der Waals surface area contributed by atoms with E-state index in [0.29, 0.717) is 12.1 Å². The molecule has 0 spiro atoms. The number of aromatic carboxylic acids is 1. The monoisotopic (exact) mass is 224 g/mol. The van der Waals surface area contributed by atoms with Crippen molar-refractivity contribution in [2.75, 3.05) is 6.54 Å². The van der Waals surface area contributed by atoms with Gasteiger partial charge in [0.05, 0.1) is 12.1 Å². The van der Waals surface area contributed by atoms with Crippen LogP contribution in [0.4, 0.5) is 0 Å². The third-order valence-corrected chi connectivity index (χ3v) is 2.16. The molecule has 1 aromatic carbocycles. The Hall–Kier alpha value is -2.11. The van der Waals surface area contributed by atoms with Crippen LogP contribution in [0.2, 0.25) is 0 Å². The molecule has 0 unspecified atom stereocenters. The molecule has 16 heavy (non-hydrogen) atoms. The van der Waals surface area contributed by atoms with Gasteiger partial charge < -0.3 is 5.11 Å². The minimum absolute atomic E-state index is 0.170. The molecule has 0 saturated heterocycles. The lowest BCUT2D eigenvalue weighted by atomic mass is 10.1. The number of hydrogen-bond donors (Lipinski definition) is 1. The summed E-state index contributed by atoms with van der Waals surface area (Å²) in [5.41, 5.74) is 0.886. The molecule has 0 aromatic heterocycles. The van der Waals surface area contributed by atoms with Gasteiger partial charge in [0.15, 0.2) is 5.03 Å². The summed E-state index contributed by atoms with van der Waals surface area (Å²) < 4.78 is 0. The lowest BCUT2D eigenvalue weighted by Crippen LogP contribution is -2.28. The van der Waals surface area contributed by atoms with Crippen molar-refractivity contribution in [3.63, 3.8) is 0 Å². The quantitative estimate of drug-likeness (QED) is 0.603. The van der Waals surface area contributed by atoms with Crippen molar-refractivity contribution in [1.82, 2.24) is 5.01 Å². The van der Waals surface area contributed by atoms with E-state index in [2.05, 4.69) is 0 Å². The topological polar surface area (TPSA) is 83.7 Å². The van der Waals surface area contributed by atoms with Gasteiger partial charge >= 0.3 is 5.97 Å². The van der Waals surface area contributed by atoms with Crippen molar-refractivity contribution in [3.8, 4) is 0 Å². The normalized spacial score (nSPS) is 9.81. The minimum atomic E-state index is -1.01. The molecule has 1 rings (SSSR count). The summed E-state index contributed by atoms with van der Waals surface area (Å²) in [5.74, 6) is -1.01. The van der Waals surface area contributed by atoms with E-state index in [4.69, 9.17) is 5.11 Å². The molecule has 0 amide bonds. The van der Waals surface area contributed by atoms with E-state index >= 15 is 0 Å². The first-order chi connectivity index (χ1) is 7.54. The second-order valence-electron chi connectivity index (χ2n) is 3.22. The number of carboxylic acid groups (broad SMARTS) is 1. The van der Waals surface area contributed by atoms with Gasteiger partial charge in [-0.25, -0.2) is 14.9 Å². The standard InChI is InChI=1S/C10H12N2O4/c1-2-11(12(15)16)7-8-3-5-9(6-4-8)10(13)14/h3-6H,2,7H2,1H3,(H,13,14). The van der Waals surface area contributed by atoms with Gasteiger partial charge in [0.1, 0.15) is 6.54 Å². The molecule has 0 bridgehead atoms. The predicted octanol–water partition coefficient (Wildman–Crippen LogP) is 1.40. The molecule has 6 nitrogen and oxygen atoms in total. The number of nitrogens with zero attached hydrogens (tertiary/aromatic N) is 2. The maximum absolute atomic E-state index is 10.6. The van der Waals surface area contributed by atoms with Gasteiger partial charge in [-0.05, 0) is 24.6 Å². The van der Waals surface area contributed by atoms with Crippen LogP contribution in [-0.4, -0.2) is 27.7 Å². The Bertz CT molecular complexity index is 388. The van der Waals surface area contributed by atoms with Gasteiger partial charge in [0.2, 0.25) is 0 Å². The summed E-state index contributed by atoms with van der Waals surface area (Å²) in [6.07, 6.45) is 0. The predicted molar refractivity (Wildman–Crippen MR) is 56.5 cm³/mol. The number of benzene rings is 1. The second-order valence-corrected chi connectivity index (χ2v) is 3.22. The molecule has 0 heterocycles. The summed E-state index contributed by atoms with van der Waals surface area (Å²) in [4.78, 5) is 21.1. The van der Waals surface area contributed by atoms with Crippen LogP contribution in [0, 0.1) is 10.1 Å². The second kappa shape index (κ2) is 5.11. The molecule has 0 radical (unpaired) electrons. The highest BCUT2D eigenvalue weighted by Crippen LogP contribution is 2.07. The molecule has 0 fully saturated rings. The number of hydrogen-bond acceptors (Lipinski definition) is 3. The summed E-state index contributed by atoms with van der Waals surface area (Å²) in [7, 11) is 0. The molecular weight excluding hydrogens is 212 g/mol. The van der Waals surface area contributed by atoms with Crippen molar-refractivity contribution in [1.29, 1.82) is 0 Å². The fourth-order valence-corrected chi connectivity index (χ4v) is 1.25. The molecule has 86 valence electrons. The minimum Gasteiger partial charge on any atom is -0.478 e. The first kappa shape index (κ1) is 12.0. The lowest BCUT2D eigenvalue weighted by Gasteiger charge is -2.11. The van der Waals surface area contributed by atoms with Gasteiger partial charge in [-0.3, -0.25) is 0 Å². The zero-order valence-corrected chi connectivity index (χ0v) is 8.79. The van der Waals surface area contributed by atoms with Crippen LogP contribution in [0.3, 0.4) is 0 Å². The molecule has 1 N–H and O–H groups in total. The maximum atomic E-state index is 10.6. The maximum Gasteiger partial charge on any atom is 0.335 e. The number of carboxylic acids is 1. The summed E-state index contributed by atoms with van der Waals surface area (Å²) in [6.45, 7) is 2.16. The SMILES string of the molecule is CCN(Cc1ccc(C(=O)O)cc1)[N+](=O)[O-]. The van der Waals surface area contributed by atoms with Crippen molar-refractivity contribution in [2.45, 2.75) is 13.5 Å². The van der Waals surface area contributed by atoms with Crippen LogP contribution in [0.25, 0.3) is 0 Å². The lowest BCUT2D eigenvalue weighted by molar-refractivity contribution is -0.658. The van der Waals surface area contributed by atoms with Crippen LogP contribution < -0.4 is 0 Å². The van der Waals surface area contributed by atoms with Gasteiger partial charge in [-0.2, -0.15) is 0 Å². The highest BCUT2D eigenvalue weighted by Gasteiger charge is 2.12. The Morgan fingerprint density at radius 2 is 2.00 bits per heavy atom. The van der Waals surface area contributed by atoms with Gasteiger partial charge in [-0.1, -0.05) is 12.1 Å².